The minimum Gasteiger partial charge on any atom is -0.271 e. The van der Waals surface area contributed by atoms with E-state index in [2.05, 4.69) is 12.1 Å². The van der Waals surface area contributed by atoms with Crippen molar-refractivity contribution in [2.75, 3.05) is 0 Å². The lowest BCUT2D eigenvalue weighted by Crippen LogP contribution is -2.29. The van der Waals surface area contributed by atoms with E-state index in [0.29, 0.717) is 6.54 Å². The molecule has 1 aromatic rings. The lowest BCUT2D eigenvalue weighted by Gasteiger charge is -2.18. The third-order valence-corrected chi connectivity index (χ3v) is 3.06. The average molecular weight is 229 g/mol. The van der Waals surface area contributed by atoms with Gasteiger partial charge in [0.1, 0.15) is 0 Å². The van der Waals surface area contributed by atoms with Gasteiger partial charge in [-0.25, -0.2) is 0 Å². The van der Waals surface area contributed by atoms with Gasteiger partial charge < -0.3 is 0 Å². The third kappa shape index (κ3) is 2.13. The Morgan fingerprint density at radius 3 is 1.88 bits per heavy atom. The van der Waals surface area contributed by atoms with Crippen LogP contribution in [-0.4, -0.2) is 16.7 Å². The fraction of sp³-hybridized carbons (Fsp3) is 0.286. The second-order valence-electron chi connectivity index (χ2n) is 4.47. The van der Waals surface area contributed by atoms with Crippen molar-refractivity contribution < 1.29 is 9.59 Å². The Balaban J connectivity index is 2.31. The Labute approximate surface area is 101 Å². The van der Waals surface area contributed by atoms with E-state index in [9.17, 15) is 9.59 Å². The molecule has 1 aliphatic heterocycles. The van der Waals surface area contributed by atoms with E-state index < -0.39 is 0 Å². The number of rotatable bonds is 2. The van der Waals surface area contributed by atoms with Crippen LogP contribution < -0.4 is 0 Å². The molecular weight excluding hydrogens is 214 g/mol. The van der Waals surface area contributed by atoms with Gasteiger partial charge in [0.2, 0.25) is 0 Å². The van der Waals surface area contributed by atoms with Crippen molar-refractivity contribution >= 4 is 11.8 Å². The van der Waals surface area contributed by atoms with Gasteiger partial charge in [0.05, 0.1) is 6.54 Å². The normalized spacial score (nSPS) is 14.9. The zero-order valence-corrected chi connectivity index (χ0v) is 10.3. The number of carbonyl (C=O) groups excluding carboxylic acids is 2. The summed E-state index contributed by atoms with van der Waals surface area (Å²) in [6.45, 7) is 6.42. The van der Waals surface area contributed by atoms with Gasteiger partial charge in [-0.1, -0.05) is 17.7 Å². The van der Waals surface area contributed by atoms with Gasteiger partial charge in [-0.3, -0.25) is 14.5 Å². The van der Waals surface area contributed by atoms with Crippen molar-refractivity contribution in [2.24, 2.45) is 0 Å². The first kappa shape index (κ1) is 11.6. The van der Waals surface area contributed by atoms with Crippen molar-refractivity contribution in [3.8, 4) is 0 Å². The Kier molecular flexibility index (Phi) is 2.84. The third-order valence-electron chi connectivity index (χ3n) is 3.06. The van der Waals surface area contributed by atoms with E-state index >= 15 is 0 Å². The zero-order chi connectivity index (χ0) is 12.6. The van der Waals surface area contributed by atoms with E-state index in [4.69, 9.17) is 0 Å². The fourth-order valence-corrected chi connectivity index (χ4v) is 2.20. The predicted molar refractivity (Wildman–Crippen MR) is 65.4 cm³/mol. The predicted octanol–water partition coefficient (Wildman–Crippen LogP) is 2.04. The molecule has 2 amide bonds. The minimum absolute atomic E-state index is 0.227. The van der Waals surface area contributed by atoms with Crippen LogP contribution in [0.3, 0.4) is 0 Å². The molecule has 0 spiro atoms. The summed E-state index contributed by atoms with van der Waals surface area (Å²) >= 11 is 0. The number of nitrogens with zero attached hydrogens (tertiary/aromatic N) is 1. The molecule has 88 valence electrons. The first-order valence-corrected chi connectivity index (χ1v) is 5.59. The molecule has 0 saturated heterocycles. The number of hydrogen-bond acceptors (Lipinski definition) is 2. The van der Waals surface area contributed by atoms with Crippen molar-refractivity contribution in [3.63, 3.8) is 0 Å². The Bertz CT molecular complexity index is 488. The van der Waals surface area contributed by atoms with Crippen molar-refractivity contribution in [2.45, 2.75) is 27.3 Å². The Hall–Kier alpha value is -1.90. The first-order valence-electron chi connectivity index (χ1n) is 5.59. The van der Waals surface area contributed by atoms with E-state index in [1.54, 1.807) is 0 Å². The van der Waals surface area contributed by atoms with E-state index in [1.807, 2.05) is 20.8 Å². The molecule has 3 nitrogen and oxygen atoms in total. The van der Waals surface area contributed by atoms with E-state index in [0.717, 1.165) is 16.7 Å². The molecule has 0 fully saturated rings. The van der Waals surface area contributed by atoms with E-state index in [-0.39, 0.29) is 11.8 Å². The lowest BCUT2D eigenvalue weighted by molar-refractivity contribution is -0.137. The molecule has 0 radical (unpaired) electrons. The zero-order valence-electron chi connectivity index (χ0n) is 10.3. The van der Waals surface area contributed by atoms with Crippen LogP contribution in [0.15, 0.2) is 24.3 Å². The van der Waals surface area contributed by atoms with Gasteiger partial charge in [0, 0.05) is 12.2 Å². The average Bonchev–Trinajstić information content (AvgIpc) is 2.53. The van der Waals surface area contributed by atoms with Gasteiger partial charge >= 0.3 is 0 Å². The number of carbonyl (C=O) groups is 2. The minimum atomic E-state index is -0.227. The van der Waals surface area contributed by atoms with Crippen LogP contribution in [-0.2, 0) is 16.1 Å². The van der Waals surface area contributed by atoms with Crippen molar-refractivity contribution in [1.82, 2.24) is 4.90 Å². The number of imide groups is 1. The maximum atomic E-state index is 11.5. The second-order valence-corrected chi connectivity index (χ2v) is 4.47. The van der Waals surface area contributed by atoms with Crippen LogP contribution in [0.5, 0.6) is 0 Å². The Morgan fingerprint density at radius 2 is 1.41 bits per heavy atom. The quantitative estimate of drug-likeness (QED) is 0.728. The second kappa shape index (κ2) is 4.17. The van der Waals surface area contributed by atoms with Crippen LogP contribution in [0.1, 0.15) is 22.3 Å². The molecular formula is C14H15NO2. The van der Waals surface area contributed by atoms with Crippen LogP contribution in [0.4, 0.5) is 0 Å². The number of aryl methyl sites for hydroxylation is 3. The molecule has 1 aromatic carbocycles. The highest BCUT2D eigenvalue weighted by molar-refractivity contribution is 6.12. The van der Waals surface area contributed by atoms with Gasteiger partial charge in [-0.15, -0.1) is 0 Å². The fourth-order valence-electron chi connectivity index (χ4n) is 2.20. The summed E-state index contributed by atoms with van der Waals surface area (Å²) in [5, 5.41) is 0. The standard InChI is InChI=1S/C14H15NO2/c1-9-6-10(2)12(11(3)7-9)8-15-13(16)4-5-14(15)17/h4-7H,8H2,1-3H3. The lowest BCUT2D eigenvalue weighted by atomic mass is 9.99. The largest absolute Gasteiger partial charge is 0.271 e. The van der Waals surface area contributed by atoms with Crippen LogP contribution in [0.2, 0.25) is 0 Å². The molecule has 0 aliphatic carbocycles. The van der Waals surface area contributed by atoms with Crippen molar-refractivity contribution in [1.29, 1.82) is 0 Å². The number of amides is 2. The summed E-state index contributed by atoms with van der Waals surface area (Å²) in [6.07, 6.45) is 2.64. The maximum Gasteiger partial charge on any atom is 0.253 e. The molecule has 3 heteroatoms. The molecule has 17 heavy (non-hydrogen) atoms. The summed E-state index contributed by atoms with van der Waals surface area (Å²) in [7, 11) is 0. The highest BCUT2D eigenvalue weighted by atomic mass is 16.2. The summed E-state index contributed by atoms with van der Waals surface area (Å²) in [4.78, 5) is 24.3. The van der Waals surface area contributed by atoms with Crippen LogP contribution in [0.25, 0.3) is 0 Å². The van der Waals surface area contributed by atoms with Crippen molar-refractivity contribution in [3.05, 3.63) is 46.5 Å². The monoisotopic (exact) mass is 229 g/mol. The smallest absolute Gasteiger partial charge is 0.253 e. The summed E-state index contributed by atoms with van der Waals surface area (Å²) in [6, 6.07) is 4.14. The van der Waals surface area contributed by atoms with Crippen LogP contribution in [0, 0.1) is 20.8 Å². The maximum absolute atomic E-state index is 11.5. The highest BCUT2D eigenvalue weighted by Crippen LogP contribution is 2.20. The summed E-state index contributed by atoms with van der Waals surface area (Å²) in [5.41, 5.74) is 4.49. The molecule has 0 unspecified atom stereocenters. The SMILES string of the molecule is Cc1cc(C)c(CN2C(=O)C=CC2=O)c(C)c1. The van der Waals surface area contributed by atoms with Gasteiger partial charge in [-0.05, 0) is 37.5 Å². The van der Waals surface area contributed by atoms with Gasteiger partial charge in [0.25, 0.3) is 11.8 Å². The first-order chi connectivity index (χ1) is 7.99. The number of hydrogen-bond donors (Lipinski definition) is 0. The molecule has 1 aliphatic rings. The van der Waals surface area contributed by atoms with E-state index in [1.165, 1.54) is 22.6 Å². The summed E-state index contributed by atoms with van der Waals surface area (Å²) in [5.74, 6) is -0.455. The highest BCUT2D eigenvalue weighted by Gasteiger charge is 2.24. The molecule has 0 atom stereocenters. The molecule has 0 saturated carbocycles. The topological polar surface area (TPSA) is 37.4 Å². The number of benzene rings is 1. The molecule has 0 aromatic heterocycles. The molecule has 2 rings (SSSR count). The Morgan fingerprint density at radius 1 is 0.941 bits per heavy atom. The molecule has 0 bridgehead atoms. The van der Waals surface area contributed by atoms with Gasteiger partial charge in [-0.2, -0.15) is 0 Å². The van der Waals surface area contributed by atoms with Crippen LogP contribution >= 0.6 is 0 Å². The summed E-state index contributed by atoms with van der Waals surface area (Å²) < 4.78 is 0. The molecule has 1 heterocycles. The van der Waals surface area contributed by atoms with Gasteiger partial charge in [0.15, 0.2) is 0 Å². The molecule has 0 N–H and O–H groups in total.